The maximum atomic E-state index is 14.9. The molecule has 0 radical (unpaired) electrons. The summed E-state index contributed by atoms with van der Waals surface area (Å²) in [5.74, 6) is -1.54. The molecular formula is C28H29F3O3. The Bertz CT molecular complexity index is 1110. The van der Waals surface area contributed by atoms with Crippen LogP contribution in [0.1, 0.15) is 55.2 Å². The molecule has 1 N–H and O–H groups in total. The highest BCUT2D eigenvalue weighted by atomic mass is 19.2. The quantitative estimate of drug-likeness (QED) is 0.389. The molecule has 0 heterocycles. The molecule has 3 nitrogen and oxygen atoms in total. The number of aliphatic hydroxyl groups excluding tert-OH is 1. The molecular weight excluding hydrogens is 441 g/mol. The minimum atomic E-state index is -0.861. The standard InChI is InChI=1S/C28H29F3O3/c1-2-33-17-21-4-3-18(15-26(21)29)16-34-23-11-7-20(8-12-23)25-14-13-24(27(30)28(25)31)19-5-9-22(32)10-6-19/h3-4,7-8,11-15,19,22,32H,2,5-6,9-10,16-17H2,1H3. The summed E-state index contributed by atoms with van der Waals surface area (Å²) in [5, 5.41) is 9.67. The third-order valence-corrected chi connectivity index (χ3v) is 6.40. The minimum absolute atomic E-state index is 0.0687. The molecule has 1 aliphatic carbocycles. The van der Waals surface area contributed by atoms with Gasteiger partial charge in [0.05, 0.1) is 12.7 Å². The highest BCUT2D eigenvalue weighted by Crippen LogP contribution is 2.37. The highest BCUT2D eigenvalue weighted by molar-refractivity contribution is 5.65. The highest BCUT2D eigenvalue weighted by Gasteiger charge is 2.25. The van der Waals surface area contributed by atoms with Crippen LogP contribution >= 0.6 is 0 Å². The largest absolute Gasteiger partial charge is 0.489 e. The van der Waals surface area contributed by atoms with Crippen molar-refractivity contribution >= 4 is 0 Å². The van der Waals surface area contributed by atoms with E-state index in [4.69, 9.17) is 9.47 Å². The van der Waals surface area contributed by atoms with Crippen LogP contribution in [-0.4, -0.2) is 17.8 Å². The lowest BCUT2D eigenvalue weighted by molar-refractivity contribution is 0.122. The van der Waals surface area contributed by atoms with Crippen molar-refractivity contribution in [1.29, 1.82) is 0 Å². The van der Waals surface area contributed by atoms with E-state index in [1.807, 2.05) is 6.92 Å². The van der Waals surface area contributed by atoms with Crippen molar-refractivity contribution in [1.82, 2.24) is 0 Å². The molecule has 0 aromatic heterocycles. The van der Waals surface area contributed by atoms with Gasteiger partial charge in [0, 0.05) is 17.7 Å². The van der Waals surface area contributed by atoms with E-state index < -0.39 is 11.6 Å². The SMILES string of the molecule is CCOCc1ccc(COc2ccc(-c3ccc(C4CCC(O)CC4)c(F)c3F)cc2)cc1F. The van der Waals surface area contributed by atoms with Gasteiger partial charge in [0.2, 0.25) is 0 Å². The van der Waals surface area contributed by atoms with Crippen molar-refractivity contribution < 1.29 is 27.8 Å². The first-order valence-corrected chi connectivity index (χ1v) is 11.7. The van der Waals surface area contributed by atoms with E-state index in [0.29, 0.717) is 60.3 Å². The van der Waals surface area contributed by atoms with Gasteiger partial charge in [-0.15, -0.1) is 0 Å². The second kappa shape index (κ2) is 11.1. The Labute approximate surface area is 198 Å². The predicted octanol–water partition coefficient (Wildman–Crippen LogP) is 6.90. The zero-order valence-corrected chi connectivity index (χ0v) is 19.2. The molecule has 180 valence electrons. The first-order chi connectivity index (χ1) is 16.5. The van der Waals surface area contributed by atoms with Crippen LogP contribution in [0.3, 0.4) is 0 Å². The summed E-state index contributed by atoms with van der Waals surface area (Å²) in [6.07, 6.45) is 2.19. The minimum Gasteiger partial charge on any atom is -0.489 e. The van der Waals surface area contributed by atoms with Gasteiger partial charge in [-0.25, -0.2) is 13.2 Å². The van der Waals surface area contributed by atoms with Gasteiger partial charge in [0.25, 0.3) is 0 Å². The Kier molecular flexibility index (Phi) is 7.91. The van der Waals surface area contributed by atoms with Crippen LogP contribution < -0.4 is 4.74 Å². The number of rotatable bonds is 8. The van der Waals surface area contributed by atoms with Crippen molar-refractivity contribution in [3.05, 3.63) is 88.7 Å². The summed E-state index contributed by atoms with van der Waals surface area (Å²) in [6.45, 7) is 2.79. The van der Waals surface area contributed by atoms with Gasteiger partial charge < -0.3 is 14.6 Å². The number of ether oxygens (including phenoxy) is 2. The molecule has 34 heavy (non-hydrogen) atoms. The molecule has 3 aromatic rings. The van der Waals surface area contributed by atoms with Crippen molar-refractivity contribution in [2.75, 3.05) is 6.61 Å². The van der Waals surface area contributed by atoms with Gasteiger partial charge in [-0.2, -0.15) is 0 Å². The zero-order valence-electron chi connectivity index (χ0n) is 19.2. The van der Waals surface area contributed by atoms with Crippen LogP contribution in [0.4, 0.5) is 13.2 Å². The molecule has 0 spiro atoms. The Balaban J connectivity index is 1.41. The fraction of sp³-hybridized carbons (Fsp3) is 0.357. The second-order valence-electron chi connectivity index (χ2n) is 8.71. The Hall–Kier alpha value is -2.83. The van der Waals surface area contributed by atoms with Crippen molar-refractivity contribution in [2.24, 2.45) is 0 Å². The zero-order chi connectivity index (χ0) is 24.1. The van der Waals surface area contributed by atoms with Crippen molar-refractivity contribution in [3.8, 4) is 16.9 Å². The van der Waals surface area contributed by atoms with E-state index in [2.05, 4.69) is 0 Å². The smallest absolute Gasteiger partial charge is 0.166 e. The number of hydrogen-bond acceptors (Lipinski definition) is 3. The van der Waals surface area contributed by atoms with E-state index in [0.717, 1.165) is 0 Å². The fourth-order valence-corrected chi connectivity index (χ4v) is 4.40. The molecule has 0 atom stereocenters. The lowest BCUT2D eigenvalue weighted by atomic mass is 9.82. The first kappa shape index (κ1) is 24.3. The third kappa shape index (κ3) is 5.62. The number of hydrogen-bond donors (Lipinski definition) is 1. The molecule has 0 bridgehead atoms. The second-order valence-corrected chi connectivity index (χ2v) is 8.71. The van der Waals surface area contributed by atoms with Gasteiger partial charge >= 0.3 is 0 Å². The van der Waals surface area contributed by atoms with Crippen molar-refractivity contribution in [2.45, 2.75) is 57.8 Å². The third-order valence-electron chi connectivity index (χ3n) is 6.40. The van der Waals surface area contributed by atoms with Gasteiger partial charge in [-0.05, 0) is 73.4 Å². The summed E-state index contributed by atoms with van der Waals surface area (Å²) in [6, 6.07) is 14.9. The van der Waals surface area contributed by atoms with E-state index in [-0.39, 0.29) is 36.6 Å². The van der Waals surface area contributed by atoms with Gasteiger partial charge in [-0.3, -0.25) is 0 Å². The summed E-state index contributed by atoms with van der Waals surface area (Å²) in [4.78, 5) is 0. The average molecular weight is 471 g/mol. The Morgan fingerprint density at radius 1 is 0.853 bits per heavy atom. The molecule has 0 amide bonds. The molecule has 6 heteroatoms. The van der Waals surface area contributed by atoms with E-state index in [1.165, 1.54) is 6.07 Å². The number of halogens is 3. The van der Waals surface area contributed by atoms with Crippen LogP contribution in [0.15, 0.2) is 54.6 Å². The van der Waals surface area contributed by atoms with Crippen LogP contribution in [0.5, 0.6) is 5.75 Å². The monoisotopic (exact) mass is 470 g/mol. The van der Waals surface area contributed by atoms with Crippen LogP contribution in [0.2, 0.25) is 0 Å². The fourth-order valence-electron chi connectivity index (χ4n) is 4.40. The Morgan fingerprint density at radius 3 is 2.26 bits per heavy atom. The molecule has 4 rings (SSSR count). The molecule has 1 saturated carbocycles. The Morgan fingerprint density at radius 2 is 1.59 bits per heavy atom. The molecule has 1 fully saturated rings. The van der Waals surface area contributed by atoms with E-state index in [1.54, 1.807) is 48.5 Å². The maximum absolute atomic E-state index is 14.9. The van der Waals surface area contributed by atoms with Gasteiger partial charge in [0.15, 0.2) is 11.6 Å². The maximum Gasteiger partial charge on any atom is 0.166 e. The molecule has 0 saturated heterocycles. The number of benzene rings is 3. The topological polar surface area (TPSA) is 38.7 Å². The average Bonchev–Trinajstić information content (AvgIpc) is 2.85. The summed E-state index contributed by atoms with van der Waals surface area (Å²) >= 11 is 0. The molecule has 3 aromatic carbocycles. The molecule has 0 aliphatic heterocycles. The lowest BCUT2D eigenvalue weighted by Gasteiger charge is -2.26. The predicted molar refractivity (Wildman–Crippen MR) is 125 cm³/mol. The van der Waals surface area contributed by atoms with E-state index in [9.17, 15) is 18.3 Å². The number of aliphatic hydroxyl groups is 1. The van der Waals surface area contributed by atoms with Crippen LogP contribution in [0, 0.1) is 17.5 Å². The first-order valence-electron chi connectivity index (χ1n) is 11.7. The van der Waals surface area contributed by atoms with Gasteiger partial charge in [-0.1, -0.05) is 36.4 Å². The lowest BCUT2D eigenvalue weighted by Crippen LogP contribution is -2.18. The molecule has 1 aliphatic rings. The summed E-state index contributed by atoms with van der Waals surface area (Å²) in [5.41, 5.74) is 2.29. The van der Waals surface area contributed by atoms with Crippen molar-refractivity contribution in [3.63, 3.8) is 0 Å². The molecule has 0 unspecified atom stereocenters. The summed E-state index contributed by atoms with van der Waals surface area (Å²) in [7, 11) is 0. The van der Waals surface area contributed by atoms with Crippen LogP contribution in [0.25, 0.3) is 11.1 Å². The van der Waals surface area contributed by atoms with E-state index >= 15 is 0 Å². The van der Waals surface area contributed by atoms with Crippen LogP contribution in [-0.2, 0) is 18.0 Å². The van der Waals surface area contributed by atoms with Gasteiger partial charge in [0.1, 0.15) is 18.2 Å². The normalized spacial score (nSPS) is 18.1. The summed E-state index contributed by atoms with van der Waals surface area (Å²) < 4.78 is 54.9.